The standard InChI is InChI=1S/C12H14ClN3O3/c1-8-7-14-4-5-15(8)12(17)9-2-3-10(13)11(6-9)16(18)19/h2-3,6,8,14H,4-5,7H2,1H3. The molecule has 1 fully saturated rings. The van der Waals surface area contributed by atoms with Crippen molar-refractivity contribution in [3.63, 3.8) is 0 Å². The number of rotatable bonds is 2. The predicted molar refractivity (Wildman–Crippen MR) is 71.5 cm³/mol. The SMILES string of the molecule is CC1CNCCN1C(=O)c1ccc(Cl)c([N+](=O)[O-])c1. The molecule has 1 aliphatic rings. The second-order valence-corrected chi connectivity index (χ2v) is 4.88. The number of halogens is 1. The third kappa shape index (κ3) is 2.85. The van der Waals surface area contributed by atoms with Crippen LogP contribution in [-0.4, -0.2) is 41.4 Å². The summed E-state index contributed by atoms with van der Waals surface area (Å²) < 4.78 is 0. The van der Waals surface area contributed by atoms with Crippen LogP contribution in [0.1, 0.15) is 17.3 Å². The first kappa shape index (κ1) is 13.8. The fourth-order valence-corrected chi connectivity index (χ4v) is 2.28. The molecule has 0 aliphatic carbocycles. The first-order valence-electron chi connectivity index (χ1n) is 5.96. The molecule has 1 amide bonds. The Labute approximate surface area is 115 Å². The highest BCUT2D eigenvalue weighted by Crippen LogP contribution is 2.26. The summed E-state index contributed by atoms with van der Waals surface area (Å²) in [5, 5.41) is 14.0. The van der Waals surface area contributed by atoms with Gasteiger partial charge >= 0.3 is 0 Å². The van der Waals surface area contributed by atoms with Crippen molar-refractivity contribution in [3.8, 4) is 0 Å². The molecule has 0 saturated carbocycles. The van der Waals surface area contributed by atoms with E-state index in [1.807, 2.05) is 6.92 Å². The Morgan fingerprint density at radius 3 is 2.95 bits per heavy atom. The van der Waals surface area contributed by atoms with Gasteiger partial charge in [0.25, 0.3) is 11.6 Å². The van der Waals surface area contributed by atoms with Crippen LogP contribution >= 0.6 is 11.6 Å². The van der Waals surface area contributed by atoms with E-state index in [0.717, 1.165) is 13.1 Å². The monoisotopic (exact) mass is 283 g/mol. The summed E-state index contributed by atoms with van der Waals surface area (Å²) >= 11 is 5.73. The summed E-state index contributed by atoms with van der Waals surface area (Å²) in [6.45, 7) is 3.98. The maximum absolute atomic E-state index is 12.3. The fraction of sp³-hybridized carbons (Fsp3) is 0.417. The normalized spacial score (nSPS) is 19.3. The van der Waals surface area contributed by atoms with Crippen molar-refractivity contribution in [2.45, 2.75) is 13.0 Å². The first-order chi connectivity index (χ1) is 9.00. The van der Waals surface area contributed by atoms with Gasteiger partial charge in [0, 0.05) is 37.3 Å². The second kappa shape index (κ2) is 5.54. The molecule has 1 N–H and O–H groups in total. The third-order valence-corrected chi connectivity index (χ3v) is 3.47. The van der Waals surface area contributed by atoms with Crippen LogP contribution in [0.2, 0.25) is 5.02 Å². The molecule has 0 radical (unpaired) electrons. The lowest BCUT2D eigenvalue weighted by Gasteiger charge is -2.34. The zero-order valence-corrected chi connectivity index (χ0v) is 11.2. The highest BCUT2D eigenvalue weighted by atomic mass is 35.5. The molecular weight excluding hydrogens is 270 g/mol. The molecule has 0 bridgehead atoms. The quantitative estimate of drug-likeness (QED) is 0.662. The average Bonchev–Trinajstić information content (AvgIpc) is 2.38. The number of hydrogen-bond acceptors (Lipinski definition) is 4. The predicted octanol–water partition coefficient (Wildman–Crippen LogP) is 1.68. The zero-order chi connectivity index (χ0) is 14.0. The number of benzene rings is 1. The van der Waals surface area contributed by atoms with Crippen LogP contribution < -0.4 is 5.32 Å². The second-order valence-electron chi connectivity index (χ2n) is 4.47. The van der Waals surface area contributed by atoms with Crippen molar-refractivity contribution in [2.75, 3.05) is 19.6 Å². The van der Waals surface area contributed by atoms with Crippen LogP contribution in [-0.2, 0) is 0 Å². The van der Waals surface area contributed by atoms with Crippen LogP contribution in [0.15, 0.2) is 18.2 Å². The number of nitro benzene ring substituents is 1. The van der Waals surface area contributed by atoms with Crippen molar-refractivity contribution in [3.05, 3.63) is 38.9 Å². The van der Waals surface area contributed by atoms with Gasteiger partial charge in [-0.2, -0.15) is 0 Å². The lowest BCUT2D eigenvalue weighted by atomic mass is 10.1. The lowest BCUT2D eigenvalue weighted by molar-refractivity contribution is -0.384. The van der Waals surface area contributed by atoms with E-state index in [1.165, 1.54) is 18.2 Å². The Balaban J connectivity index is 2.28. The van der Waals surface area contributed by atoms with E-state index < -0.39 is 4.92 Å². The summed E-state index contributed by atoms with van der Waals surface area (Å²) in [5.74, 6) is -0.200. The van der Waals surface area contributed by atoms with Gasteiger partial charge in [0.05, 0.1) is 4.92 Å². The van der Waals surface area contributed by atoms with Gasteiger partial charge in [-0.15, -0.1) is 0 Å². The Hall–Kier alpha value is -1.66. The third-order valence-electron chi connectivity index (χ3n) is 3.15. The maximum atomic E-state index is 12.3. The number of nitrogens with one attached hydrogen (secondary N) is 1. The molecule has 102 valence electrons. The molecule has 1 saturated heterocycles. The smallest absolute Gasteiger partial charge is 0.288 e. The molecule has 7 heteroatoms. The van der Waals surface area contributed by atoms with Crippen molar-refractivity contribution in [1.82, 2.24) is 10.2 Å². The van der Waals surface area contributed by atoms with E-state index >= 15 is 0 Å². The molecule has 0 spiro atoms. The summed E-state index contributed by atoms with van der Waals surface area (Å²) in [5.41, 5.74) is 0.0557. The zero-order valence-electron chi connectivity index (χ0n) is 10.4. The Morgan fingerprint density at radius 1 is 1.58 bits per heavy atom. The Morgan fingerprint density at radius 2 is 2.32 bits per heavy atom. The van der Waals surface area contributed by atoms with Crippen molar-refractivity contribution in [1.29, 1.82) is 0 Å². The Bertz CT molecular complexity index is 521. The fourth-order valence-electron chi connectivity index (χ4n) is 2.09. The number of carbonyl (C=O) groups is 1. The number of nitro groups is 1. The molecule has 1 heterocycles. The van der Waals surface area contributed by atoms with Gasteiger partial charge < -0.3 is 10.2 Å². The van der Waals surface area contributed by atoms with Crippen molar-refractivity contribution in [2.24, 2.45) is 0 Å². The molecule has 1 atom stereocenters. The van der Waals surface area contributed by atoms with Gasteiger partial charge in [0.1, 0.15) is 5.02 Å². The van der Waals surface area contributed by atoms with Gasteiger partial charge in [-0.05, 0) is 19.1 Å². The van der Waals surface area contributed by atoms with Crippen molar-refractivity contribution >= 4 is 23.2 Å². The Kier molecular flexibility index (Phi) is 4.01. The molecule has 1 aromatic carbocycles. The molecule has 1 aromatic rings. The topological polar surface area (TPSA) is 75.5 Å². The molecule has 6 nitrogen and oxygen atoms in total. The number of amides is 1. The molecule has 19 heavy (non-hydrogen) atoms. The minimum Gasteiger partial charge on any atom is -0.333 e. The van der Waals surface area contributed by atoms with Gasteiger partial charge in [-0.25, -0.2) is 0 Å². The maximum Gasteiger partial charge on any atom is 0.288 e. The van der Waals surface area contributed by atoms with Crippen LogP contribution in [0.25, 0.3) is 0 Å². The van der Waals surface area contributed by atoms with Crippen LogP contribution in [0.3, 0.4) is 0 Å². The lowest BCUT2D eigenvalue weighted by Crippen LogP contribution is -2.52. The molecule has 1 unspecified atom stereocenters. The van der Waals surface area contributed by atoms with E-state index in [2.05, 4.69) is 5.32 Å². The minimum absolute atomic E-state index is 0.0370. The van der Waals surface area contributed by atoms with Crippen LogP contribution in [0.4, 0.5) is 5.69 Å². The molecule has 0 aromatic heterocycles. The summed E-state index contributed by atoms with van der Waals surface area (Å²) in [4.78, 5) is 24.3. The van der Waals surface area contributed by atoms with Gasteiger partial charge in [-0.1, -0.05) is 11.6 Å². The highest BCUT2D eigenvalue weighted by Gasteiger charge is 2.25. The first-order valence-corrected chi connectivity index (χ1v) is 6.34. The van der Waals surface area contributed by atoms with Crippen molar-refractivity contribution < 1.29 is 9.72 Å². The summed E-state index contributed by atoms with van der Waals surface area (Å²) in [6.07, 6.45) is 0. The molecule has 2 rings (SSSR count). The van der Waals surface area contributed by atoms with E-state index in [9.17, 15) is 14.9 Å². The van der Waals surface area contributed by atoms with Gasteiger partial charge in [-0.3, -0.25) is 14.9 Å². The number of piperazine rings is 1. The summed E-state index contributed by atoms with van der Waals surface area (Å²) in [6, 6.07) is 4.21. The van der Waals surface area contributed by atoms with Crippen LogP contribution in [0.5, 0.6) is 0 Å². The highest BCUT2D eigenvalue weighted by molar-refractivity contribution is 6.32. The number of nitrogens with zero attached hydrogens (tertiary/aromatic N) is 2. The van der Waals surface area contributed by atoms with Crippen LogP contribution in [0, 0.1) is 10.1 Å². The van der Waals surface area contributed by atoms with E-state index in [1.54, 1.807) is 4.90 Å². The van der Waals surface area contributed by atoms with E-state index in [-0.39, 0.29) is 22.7 Å². The molecular formula is C12H14ClN3O3. The minimum atomic E-state index is -0.583. The number of carbonyl (C=O) groups excluding carboxylic acids is 1. The van der Waals surface area contributed by atoms with E-state index in [4.69, 9.17) is 11.6 Å². The largest absolute Gasteiger partial charge is 0.333 e. The number of hydrogen-bond donors (Lipinski definition) is 1. The molecule has 1 aliphatic heterocycles. The summed E-state index contributed by atoms with van der Waals surface area (Å²) in [7, 11) is 0. The van der Waals surface area contributed by atoms with Gasteiger partial charge in [0.2, 0.25) is 0 Å². The van der Waals surface area contributed by atoms with Gasteiger partial charge in [0.15, 0.2) is 0 Å². The van der Waals surface area contributed by atoms with E-state index in [0.29, 0.717) is 12.1 Å². The average molecular weight is 284 g/mol.